The van der Waals surface area contributed by atoms with Crippen LogP contribution in [0.4, 0.5) is 5.95 Å². The van der Waals surface area contributed by atoms with Crippen molar-refractivity contribution >= 4 is 46.8 Å². The molecule has 15 nitrogen and oxygen atoms in total. The number of nitrogens with zero attached hydrogens (tertiary/aromatic N) is 5. The van der Waals surface area contributed by atoms with E-state index in [9.17, 15) is 24.0 Å². The van der Waals surface area contributed by atoms with Crippen LogP contribution in [0, 0.1) is 5.92 Å². The van der Waals surface area contributed by atoms with Crippen molar-refractivity contribution in [2.75, 3.05) is 38.5 Å². The van der Waals surface area contributed by atoms with E-state index in [0.29, 0.717) is 30.5 Å². The van der Waals surface area contributed by atoms with Gasteiger partial charge in [-0.3, -0.25) is 28.9 Å². The average molecular weight is 735 g/mol. The third-order valence-electron chi connectivity index (χ3n) is 8.53. The van der Waals surface area contributed by atoms with Gasteiger partial charge < -0.3 is 31.5 Å². The number of benzene rings is 1. The number of likely N-dealkylation sites (N-methyl/N-ethyl adjacent to an activating group) is 1. The van der Waals surface area contributed by atoms with Gasteiger partial charge in [-0.2, -0.15) is 0 Å². The van der Waals surface area contributed by atoms with Crippen LogP contribution in [0.3, 0.4) is 0 Å². The fourth-order valence-corrected chi connectivity index (χ4v) is 6.38. The molecular weight excluding hydrogens is 685 g/mol. The minimum atomic E-state index is -0.994. The molecule has 1 aliphatic rings. The maximum Gasteiger partial charge on any atom is 0.271 e. The van der Waals surface area contributed by atoms with Crippen molar-refractivity contribution in [1.29, 1.82) is 0 Å². The predicted octanol–water partition coefficient (Wildman–Crippen LogP) is 1.89. The number of nitrogens with one attached hydrogen (secondary N) is 5. The van der Waals surface area contributed by atoms with E-state index in [1.54, 1.807) is 45.6 Å². The van der Waals surface area contributed by atoms with E-state index in [4.69, 9.17) is 0 Å². The zero-order valence-corrected chi connectivity index (χ0v) is 31.5. The number of hydrogen-bond acceptors (Lipinski definition) is 11. The first-order valence-electron chi connectivity index (χ1n) is 17.6. The normalized spacial score (nSPS) is 21.8. The van der Waals surface area contributed by atoms with Gasteiger partial charge in [0, 0.05) is 56.6 Å². The first kappa shape index (κ1) is 39.8. The van der Waals surface area contributed by atoms with Crippen LogP contribution in [0.1, 0.15) is 73.7 Å². The second-order valence-corrected chi connectivity index (χ2v) is 14.2. The fourth-order valence-electron chi connectivity index (χ4n) is 5.53. The predicted molar refractivity (Wildman–Crippen MR) is 198 cm³/mol. The molecule has 0 aliphatic carbocycles. The average Bonchev–Trinajstić information content (AvgIpc) is 3.62. The Kier molecular flexibility index (Phi) is 14.6. The van der Waals surface area contributed by atoms with Crippen molar-refractivity contribution in [3.05, 3.63) is 69.9 Å². The molecule has 0 radical (unpaired) electrons. The zero-order valence-electron chi connectivity index (χ0n) is 30.6. The topological polar surface area (TPSA) is 191 Å². The van der Waals surface area contributed by atoms with Crippen LogP contribution >= 0.6 is 11.3 Å². The molecule has 2 aromatic heterocycles. The molecule has 16 heteroatoms. The SMILES string of the molecule is CCCNc1ncc(CN2CCN(C)C(=O)[C@@H](C)NC(=O)[C@H](C(C)C)NC(=O)[C@H](C)NC(=O)c3csc(n3)[C@H](Cc3ccccc3)NC(=O)C2)cn1. The van der Waals surface area contributed by atoms with Gasteiger partial charge in [0.15, 0.2) is 0 Å². The monoisotopic (exact) mass is 734 g/mol. The number of amides is 5. The molecular formula is C36H50N10O5S. The molecule has 0 unspecified atom stereocenters. The maximum atomic E-state index is 13.8. The third-order valence-corrected chi connectivity index (χ3v) is 9.49. The van der Waals surface area contributed by atoms with Gasteiger partial charge in [0.1, 0.15) is 28.8 Å². The third kappa shape index (κ3) is 11.5. The van der Waals surface area contributed by atoms with E-state index in [0.717, 1.165) is 24.1 Å². The summed E-state index contributed by atoms with van der Waals surface area (Å²) in [4.78, 5) is 83.7. The molecule has 3 aromatic rings. The van der Waals surface area contributed by atoms with E-state index in [2.05, 4.69) is 48.5 Å². The van der Waals surface area contributed by atoms with Crippen molar-refractivity contribution in [1.82, 2.24) is 46.0 Å². The molecule has 4 rings (SSSR count). The molecule has 0 saturated heterocycles. The molecule has 1 aromatic carbocycles. The van der Waals surface area contributed by atoms with Gasteiger partial charge in [-0.05, 0) is 38.2 Å². The fraction of sp³-hybridized carbons (Fsp3) is 0.500. The highest BCUT2D eigenvalue weighted by Crippen LogP contribution is 2.23. The highest BCUT2D eigenvalue weighted by molar-refractivity contribution is 7.09. The van der Waals surface area contributed by atoms with Crippen LogP contribution in [0.15, 0.2) is 48.1 Å². The molecule has 0 fully saturated rings. The highest BCUT2D eigenvalue weighted by Gasteiger charge is 2.31. The lowest BCUT2D eigenvalue weighted by molar-refractivity contribution is -0.136. The lowest BCUT2D eigenvalue weighted by atomic mass is 10.0. The Morgan fingerprint density at radius 2 is 1.62 bits per heavy atom. The molecule has 3 heterocycles. The Labute approximate surface area is 308 Å². The van der Waals surface area contributed by atoms with Crippen molar-refractivity contribution < 1.29 is 24.0 Å². The number of carbonyl (C=O) groups is 5. The molecule has 0 spiro atoms. The number of thiazole rings is 1. The molecule has 0 saturated carbocycles. The van der Waals surface area contributed by atoms with Crippen molar-refractivity contribution in [2.45, 2.75) is 78.2 Å². The number of carbonyl (C=O) groups excluding carboxylic acids is 5. The summed E-state index contributed by atoms with van der Waals surface area (Å²) in [6, 6.07) is 6.25. The first-order valence-corrected chi connectivity index (χ1v) is 18.4. The van der Waals surface area contributed by atoms with Gasteiger partial charge in [-0.1, -0.05) is 51.1 Å². The number of fused-ring (bicyclic) bond motifs is 2. The summed E-state index contributed by atoms with van der Waals surface area (Å²) in [5.41, 5.74) is 1.85. The van der Waals surface area contributed by atoms with Crippen molar-refractivity contribution in [3.63, 3.8) is 0 Å². The molecule has 5 amide bonds. The molecule has 4 atom stereocenters. The van der Waals surface area contributed by atoms with Gasteiger partial charge in [0.05, 0.1) is 12.6 Å². The lowest BCUT2D eigenvalue weighted by Crippen LogP contribution is -2.57. The molecule has 52 heavy (non-hydrogen) atoms. The summed E-state index contributed by atoms with van der Waals surface area (Å²) in [7, 11) is 1.64. The molecule has 280 valence electrons. The van der Waals surface area contributed by atoms with Crippen LogP contribution in [0.5, 0.6) is 0 Å². The van der Waals surface area contributed by atoms with Gasteiger partial charge in [0.25, 0.3) is 5.91 Å². The Morgan fingerprint density at radius 1 is 0.904 bits per heavy atom. The number of aromatic nitrogens is 3. The zero-order chi connectivity index (χ0) is 37.8. The van der Waals surface area contributed by atoms with Crippen LogP contribution < -0.4 is 26.6 Å². The van der Waals surface area contributed by atoms with Crippen LogP contribution in [0.2, 0.25) is 0 Å². The van der Waals surface area contributed by atoms with Gasteiger partial charge >= 0.3 is 0 Å². The maximum absolute atomic E-state index is 13.8. The van der Waals surface area contributed by atoms with E-state index in [1.807, 2.05) is 35.2 Å². The van der Waals surface area contributed by atoms with Gasteiger partial charge in [-0.25, -0.2) is 15.0 Å². The van der Waals surface area contributed by atoms with Crippen LogP contribution in [0.25, 0.3) is 0 Å². The van der Waals surface area contributed by atoms with Gasteiger partial charge in [0.2, 0.25) is 29.6 Å². The van der Waals surface area contributed by atoms with Crippen LogP contribution in [-0.2, 0) is 32.1 Å². The van der Waals surface area contributed by atoms with E-state index < -0.39 is 41.9 Å². The molecule has 1 aliphatic heterocycles. The summed E-state index contributed by atoms with van der Waals surface area (Å²) >= 11 is 1.23. The lowest BCUT2D eigenvalue weighted by Gasteiger charge is -2.29. The minimum absolute atomic E-state index is 0.0183. The minimum Gasteiger partial charge on any atom is -0.354 e. The van der Waals surface area contributed by atoms with Gasteiger partial charge in [-0.15, -0.1) is 11.3 Å². The molecule has 5 N–H and O–H groups in total. The summed E-state index contributed by atoms with van der Waals surface area (Å²) in [5.74, 6) is -2.07. The Balaban J connectivity index is 1.64. The van der Waals surface area contributed by atoms with E-state index in [-0.39, 0.29) is 36.5 Å². The standard InChI is InChI=1S/C36H50N10O5S/c1-7-13-37-36-38-17-26(18-39-36)19-46-15-14-45(6)35(51)24(5)41-33(50)30(22(2)3)44-31(48)23(4)40-32(49)28-21-52-34(43-28)27(42-29(47)20-46)16-25-11-9-8-10-12-25/h8-12,17-18,21-24,27,30H,7,13-16,19-20H2,1-6H3,(H,40,49)(H,41,50)(H,42,47)(H,44,48)(H,37,38,39)/t23-,24+,27-,30-/m0/s1. The van der Waals surface area contributed by atoms with E-state index in [1.165, 1.54) is 23.2 Å². The quantitative estimate of drug-likeness (QED) is 0.229. The largest absolute Gasteiger partial charge is 0.354 e. The smallest absolute Gasteiger partial charge is 0.271 e. The van der Waals surface area contributed by atoms with E-state index >= 15 is 0 Å². The Hall–Kier alpha value is -4.96. The highest BCUT2D eigenvalue weighted by atomic mass is 32.1. The van der Waals surface area contributed by atoms with Crippen molar-refractivity contribution in [2.24, 2.45) is 5.92 Å². The van der Waals surface area contributed by atoms with Crippen molar-refractivity contribution in [3.8, 4) is 0 Å². The number of anilines is 1. The van der Waals surface area contributed by atoms with Crippen LogP contribution in [-0.4, -0.2) is 106 Å². The Bertz CT molecular complexity index is 1670. The second-order valence-electron chi connectivity index (χ2n) is 13.3. The number of rotatable bonds is 8. The first-order chi connectivity index (χ1) is 24.8. The summed E-state index contributed by atoms with van der Waals surface area (Å²) in [6.45, 7) is 10.3. The summed E-state index contributed by atoms with van der Waals surface area (Å²) in [6.07, 6.45) is 4.77. The summed E-state index contributed by atoms with van der Waals surface area (Å²) in [5, 5.41) is 16.5. The Morgan fingerprint density at radius 3 is 2.29 bits per heavy atom. The second kappa shape index (κ2) is 19.0. The number of hydrogen-bond donors (Lipinski definition) is 5. The summed E-state index contributed by atoms with van der Waals surface area (Å²) < 4.78 is 0. The molecule has 2 bridgehead atoms.